The molecule has 0 radical (unpaired) electrons. The largest absolute Gasteiger partial charge is 0.465 e. The van der Waals surface area contributed by atoms with Crippen LogP contribution in [0.15, 0.2) is 47.5 Å². The van der Waals surface area contributed by atoms with Crippen molar-refractivity contribution in [2.45, 2.75) is 19.8 Å². The second-order valence-corrected chi connectivity index (χ2v) is 6.46. The highest BCUT2D eigenvalue weighted by atomic mass is 16.5. The van der Waals surface area contributed by atoms with Crippen molar-refractivity contribution in [3.05, 3.63) is 64.2 Å². The Kier molecular flexibility index (Phi) is 3.95. The van der Waals surface area contributed by atoms with Crippen LogP contribution in [-0.2, 0) is 4.74 Å². The van der Waals surface area contributed by atoms with Gasteiger partial charge in [0.1, 0.15) is 11.1 Å². The SMILES string of the molecule is COC(=O)c1cnn2c1nnc1c(=O)n(-c3ccc(C(C)C)cc3)ccc12. The van der Waals surface area contributed by atoms with Gasteiger partial charge in [-0.1, -0.05) is 26.0 Å². The lowest BCUT2D eigenvalue weighted by molar-refractivity contribution is 0.0602. The number of methoxy groups -OCH3 is 1. The number of fused-ring (bicyclic) bond motifs is 3. The quantitative estimate of drug-likeness (QED) is 0.519. The molecule has 0 N–H and O–H groups in total. The van der Waals surface area contributed by atoms with Crippen molar-refractivity contribution in [3.8, 4) is 5.69 Å². The van der Waals surface area contributed by atoms with Crippen molar-refractivity contribution in [1.29, 1.82) is 0 Å². The number of rotatable bonds is 3. The van der Waals surface area contributed by atoms with Gasteiger partial charge in [-0.25, -0.2) is 9.31 Å². The number of hydrogen-bond acceptors (Lipinski definition) is 6. The molecule has 3 aromatic heterocycles. The van der Waals surface area contributed by atoms with Crippen LogP contribution < -0.4 is 5.56 Å². The molecule has 0 bridgehead atoms. The van der Waals surface area contributed by atoms with E-state index in [1.54, 1.807) is 12.3 Å². The van der Waals surface area contributed by atoms with Crippen LogP contribution in [0.2, 0.25) is 0 Å². The Bertz CT molecular complexity index is 1220. The van der Waals surface area contributed by atoms with Gasteiger partial charge in [0, 0.05) is 11.9 Å². The van der Waals surface area contributed by atoms with Crippen molar-refractivity contribution in [3.63, 3.8) is 0 Å². The first-order valence-corrected chi connectivity index (χ1v) is 8.45. The van der Waals surface area contributed by atoms with Crippen LogP contribution in [0.1, 0.15) is 35.7 Å². The van der Waals surface area contributed by atoms with E-state index >= 15 is 0 Å². The topological polar surface area (TPSA) is 91.4 Å². The lowest BCUT2D eigenvalue weighted by Gasteiger charge is -2.10. The van der Waals surface area contributed by atoms with E-state index in [2.05, 4.69) is 29.1 Å². The van der Waals surface area contributed by atoms with E-state index in [4.69, 9.17) is 4.74 Å². The highest BCUT2D eigenvalue weighted by Gasteiger charge is 2.18. The van der Waals surface area contributed by atoms with E-state index < -0.39 is 5.97 Å². The van der Waals surface area contributed by atoms with Gasteiger partial charge in [0.25, 0.3) is 5.56 Å². The maximum absolute atomic E-state index is 12.9. The van der Waals surface area contributed by atoms with Gasteiger partial charge in [0.15, 0.2) is 11.2 Å². The smallest absolute Gasteiger partial charge is 0.343 e. The molecule has 136 valence electrons. The van der Waals surface area contributed by atoms with Crippen LogP contribution in [0.4, 0.5) is 0 Å². The zero-order chi connectivity index (χ0) is 19.1. The number of carbonyl (C=O) groups excluding carboxylic acids is 1. The predicted octanol–water partition coefficient (Wildman–Crippen LogP) is 2.34. The minimum atomic E-state index is -0.558. The molecule has 4 rings (SSSR count). The van der Waals surface area contributed by atoms with Crippen molar-refractivity contribution in [2.24, 2.45) is 0 Å². The number of benzene rings is 1. The minimum absolute atomic E-state index is 0.164. The van der Waals surface area contributed by atoms with Gasteiger partial charge in [-0.2, -0.15) is 5.10 Å². The Balaban J connectivity index is 1.89. The third-order valence-corrected chi connectivity index (χ3v) is 4.51. The lowest BCUT2D eigenvalue weighted by atomic mass is 10.0. The Morgan fingerprint density at radius 2 is 1.85 bits per heavy atom. The van der Waals surface area contributed by atoms with E-state index in [1.165, 1.54) is 28.0 Å². The number of aromatic nitrogens is 5. The molecule has 1 aromatic carbocycles. The molecule has 0 saturated carbocycles. The van der Waals surface area contributed by atoms with Crippen LogP contribution in [0.25, 0.3) is 22.4 Å². The molecule has 0 fully saturated rings. The lowest BCUT2D eigenvalue weighted by Crippen LogP contribution is -2.20. The summed E-state index contributed by atoms with van der Waals surface area (Å²) in [5.41, 5.74) is 2.69. The summed E-state index contributed by atoms with van der Waals surface area (Å²) < 4.78 is 7.65. The third-order valence-electron chi connectivity index (χ3n) is 4.51. The van der Waals surface area contributed by atoms with Crippen LogP contribution in [0.3, 0.4) is 0 Å². The molecule has 0 aliphatic rings. The summed E-state index contributed by atoms with van der Waals surface area (Å²) in [5, 5.41) is 12.2. The molecular weight excluding hydrogens is 346 g/mol. The molecule has 27 heavy (non-hydrogen) atoms. The maximum atomic E-state index is 12.9. The summed E-state index contributed by atoms with van der Waals surface area (Å²) in [4.78, 5) is 24.7. The molecule has 0 atom stereocenters. The second-order valence-electron chi connectivity index (χ2n) is 6.46. The Hall–Kier alpha value is -3.55. The van der Waals surface area contributed by atoms with Gasteiger partial charge in [-0.15, -0.1) is 10.2 Å². The number of pyridine rings is 1. The van der Waals surface area contributed by atoms with Gasteiger partial charge in [-0.05, 0) is 29.7 Å². The van der Waals surface area contributed by atoms with Crippen molar-refractivity contribution >= 4 is 22.6 Å². The molecule has 0 saturated heterocycles. The fraction of sp³-hybridized carbons (Fsp3) is 0.211. The van der Waals surface area contributed by atoms with Crippen LogP contribution in [0, 0.1) is 0 Å². The van der Waals surface area contributed by atoms with E-state index in [0.717, 1.165) is 5.69 Å². The molecule has 0 amide bonds. The predicted molar refractivity (Wildman–Crippen MR) is 99.3 cm³/mol. The first-order valence-electron chi connectivity index (χ1n) is 8.45. The van der Waals surface area contributed by atoms with E-state index in [0.29, 0.717) is 11.4 Å². The highest BCUT2D eigenvalue weighted by Crippen LogP contribution is 2.18. The molecule has 0 spiro atoms. The fourth-order valence-corrected chi connectivity index (χ4v) is 2.97. The Labute approximate surface area is 154 Å². The minimum Gasteiger partial charge on any atom is -0.465 e. The molecule has 4 aromatic rings. The van der Waals surface area contributed by atoms with Gasteiger partial charge in [-0.3, -0.25) is 9.36 Å². The van der Waals surface area contributed by atoms with Gasteiger partial charge in [0.2, 0.25) is 0 Å². The number of ether oxygens (including phenoxy) is 1. The number of carbonyl (C=O) groups is 1. The molecule has 0 aliphatic carbocycles. The summed E-state index contributed by atoms with van der Waals surface area (Å²) in [5.74, 6) is -0.146. The normalized spacial score (nSPS) is 11.4. The summed E-state index contributed by atoms with van der Waals surface area (Å²) in [6.07, 6.45) is 3.01. The van der Waals surface area contributed by atoms with Crippen molar-refractivity contribution in [2.75, 3.05) is 7.11 Å². The van der Waals surface area contributed by atoms with Crippen LogP contribution >= 0.6 is 0 Å². The standard InChI is InChI=1S/C19H17N5O3/c1-11(2)12-4-6-13(7-5-12)23-9-8-15-16(18(23)25)21-22-17-14(19(26)27-3)10-20-24(15)17/h4-11H,1-3H3. The summed E-state index contributed by atoms with van der Waals surface area (Å²) >= 11 is 0. The van der Waals surface area contributed by atoms with Crippen LogP contribution in [-0.4, -0.2) is 37.5 Å². The average molecular weight is 363 g/mol. The van der Waals surface area contributed by atoms with Crippen molar-refractivity contribution < 1.29 is 9.53 Å². The van der Waals surface area contributed by atoms with Crippen LogP contribution in [0.5, 0.6) is 0 Å². The summed E-state index contributed by atoms with van der Waals surface area (Å²) in [7, 11) is 1.28. The van der Waals surface area contributed by atoms with Crippen molar-refractivity contribution in [1.82, 2.24) is 24.4 Å². The second kappa shape index (κ2) is 6.31. The highest BCUT2D eigenvalue weighted by molar-refractivity contribution is 5.96. The van der Waals surface area contributed by atoms with E-state index in [-0.39, 0.29) is 22.3 Å². The first kappa shape index (κ1) is 16.9. The van der Waals surface area contributed by atoms with E-state index in [1.807, 2.05) is 24.3 Å². The third kappa shape index (κ3) is 2.66. The molecule has 0 unspecified atom stereocenters. The zero-order valence-corrected chi connectivity index (χ0v) is 15.1. The molecule has 0 aliphatic heterocycles. The maximum Gasteiger partial charge on any atom is 0.343 e. The number of esters is 1. The van der Waals surface area contributed by atoms with Gasteiger partial charge < -0.3 is 4.74 Å². The Morgan fingerprint density at radius 3 is 2.52 bits per heavy atom. The Morgan fingerprint density at radius 1 is 1.11 bits per heavy atom. The monoisotopic (exact) mass is 363 g/mol. The first-order chi connectivity index (χ1) is 13.0. The van der Waals surface area contributed by atoms with E-state index in [9.17, 15) is 9.59 Å². The fourth-order valence-electron chi connectivity index (χ4n) is 2.97. The number of nitrogens with zero attached hydrogens (tertiary/aromatic N) is 5. The zero-order valence-electron chi connectivity index (χ0n) is 15.1. The summed E-state index contributed by atoms with van der Waals surface area (Å²) in [6, 6.07) is 9.53. The molecule has 8 heteroatoms. The van der Waals surface area contributed by atoms with Gasteiger partial charge in [0.05, 0.1) is 13.3 Å². The number of hydrogen-bond donors (Lipinski definition) is 0. The average Bonchev–Trinajstić information content (AvgIpc) is 3.12. The summed E-state index contributed by atoms with van der Waals surface area (Å²) in [6.45, 7) is 4.23. The molecule has 8 nitrogen and oxygen atoms in total. The van der Waals surface area contributed by atoms with Gasteiger partial charge >= 0.3 is 5.97 Å². The molecular formula is C19H17N5O3. The molecule has 3 heterocycles.